The van der Waals surface area contributed by atoms with Gasteiger partial charge in [0.15, 0.2) is 5.58 Å². The van der Waals surface area contributed by atoms with Gasteiger partial charge in [-0.15, -0.1) is 0 Å². The molecular weight excluding hydrogens is 228 g/mol. The van der Waals surface area contributed by atoms with Crippen LogP contribution in [0.3, 0.4) is 0 Å². The van der Waals surface area contributed by atoms with Crippen LogP contribution in [0.25, 0.3) is 11.1 Å². The lowest BCUT2D eigenvalue weighted by Crippen LogP contribution is -1.95. The monoisotopic (exact) mass is 248 g/mol. The van der Waals surface area contributed by atoms with E-state index in [1.165, 1.54) is 19.3 Å². The first kappa shape index (κ1) is 12.9. The van der Waals surface area contributed by atoms with Crippen LogP contribution in [0.4, 0.5) is 5.69 Å². The molecule has 0 saturated heterocycles. The van der Waals surface area contributed by atoms with Gasteiger partial charge in [-0.3, -0.25) is 0 Å². The molecule has 0 aliphatic carbocycles. The Labute approximate surface area is 107 Å². The van der Waals surface area contributed by atoms with Crippen LogP contribution in [0.2, 0.25) is 0 Å². The van der Waals surface area contributed by atoms with E-state index in [-0.39, 0.29) is 0 Å². The van der Waals surface area contributed by atoms with Gasteiger partial charge in [0, 0.05) is 12.3 Å². The van der Waals surface area contributed by atoms with Gasteiger partial charge in [-0.2, -0.15) is 0 Å². The van der Waals surface area contributed by atoms with Gasteiger partial charge in [-0.1, -0.05) is 26.2 Å². The molecule has 0 aliphatic heterocycles. The molecule has 0 radical (unpaired) electrons. The van der Waals surface area contributed by atoms with E-state index in [0.717, 1.165) is 24.1 Å². The van der Waals surface area contributed by atoms with Gasteiger partial charge >= 0.3 is 0 Å². The molecule has 4 nitrogen and oxygen atoms in total. The third-order valence-corrected chi connectivity index (χ3v) is 2.82. The van der Waals surface area contributed by atoms with Crippen LogP contribution in [-0.4, -0.2) is 11.6 Å². The molecule has 18 heavy (non-hydrogen) atoms. The Morgan fingerprint density at radius 1 is 1.28 bits per heavy atom. The van der Waals surface area contributed by atoms with Crippen molar-refractivity contribution in [3.05, 3.63) is 24.1 Å². The molecule has 0 amide bonds. The Morgan fingerprint density at radius 3 is 3.00 bits per heavy atom. The summed E-state index contributed by atoms with van der Waals surface area (Å²) in [6, 6.07) is 5.45. The molecule has 4 heteroatoms. The predicted octanol–water partition coefficient (Wildman–Crippen LogP) is 3.51. The van der Waals surface area contributed by atoms with Gasteiger partial charge in [0.05, 0.1) is 0 Å². The van der Waals surface area contributed by atoms with E-state index in [4.69, 9.17) is 14.9 Å². The fourth-order valence-electron chi connectivity index (χ4n) is 1.84. The molecule has 0 unspecified atom stereocenters. The largest absolute Gasteiger partial charge is 0.438 e. The highest BCUT2D eigenvalue weighted by atomic mass is 16.5. The zero-order chi connectivity index (χ0) is 12.8. The number of nitrogens with two attached hydrogens (primary N) is 1. The highest BCUT2D eigenvalue weighted by molar-refractivity contribution is 5.76. The summed E-state index contributed by atoms with van der Waals surface area (Å²) < 4.78 is 11.1. The summed E-state index contributed by atoms with van der Waals surface area (Å²) in [6.45, 7) is 3.40. The summed E-state index contributed by atoms with van der Waals surface area (Å²) in [5.74, 6) is 0.617. The number of fused-ring (bicyclic) bond motifs is 1. The molecule has 1 aromatic heterocycles. The van der Waals surface area contributed by atoms with Crippen molar-refractivity contribution in [2.75, 3.05) is 12.3 Å². The number of oxazole rings is 1. The van der Waals surface area contributed by atoms with Gasteiger partial charge in [0.1, 0.15) is 12.1 Å². The van der Waals surface area contributed by atoms with Crippen molar-refractivity contribution in [1.82, 2.24) is 4.98 Å². The molecule has 0 fully saturated rings. The average molecular weight is 248 g/mol. The van der Waals surface area contributed by atoms with Crippen LogP contribution in [0, 0.1) is 0 Å². The molecule has 0 bridgehead atoms. The lowest BCUT2D eigenvalue weighted by molar-refractivity contribution is 0.100. The number of rotatable bonds is 7. The third-order valence-electron chi connectivity index (χ3n) is 2.82. The zero-order valence-electron chi connectivity index (χ0n) is 10.8. The van der Waals surface area contributed by atoms with Crippen LogP contribution in [0.1, 0.15) is 38.5 Å². The van der Waals surface area contributed by atoms with Gasteiger partial charge in [-0.05, 0) is 24.6 Å². The molecule has 0 atom stereocenters. The molecule has 2 rings (SSSR count). The maximum absolute atomic E-state index is 5.69. The summed E-state index contributed by atoms with van der Waals surface area (Å²) in [5, 5.41) is 0. The Morgan fingerprint density at radius 2 is 2.17 bits per heavy atom. The second-order valence-electron chi connectivity index (χ2n) is 4.45. The molecule has 0 spiro atoms. The summed E-state index contributed by atoms with van der Waals surface area (Å²) in [5.41, 5.74) is 7.93. The zero-order valence-corrected chi connectivity index (χ0v) is 10.8. The number of nitrogens with zero attached hydrogens (tertiary/aromatic N) is 1. The van der Waals surface area contributed by atoms with Gasteiger partial charge < -0.3 is 14.9 Å². The number of hydrogen-bond donors (Lipinski definition) is 1. The molecule has 0 aliphatic rings. The number of nitrogen functional groups attached to an aromatic ring is 1. The van der Waals surface area contributed by atoms with Crippen molar-refractivity contribution >= 4 is 16.8 Å². The molecule has 98 valence electrons. The number of hydrogen-bond acceptors (Lipinski definition) is 4. The fraction of sp³-hybridized carbons (Fsp3) is 0.500. The Bertz CT molecular complexity index is 493. The van der Waals surface area contributed by atoms with E-state index in [0.29, 0.717) is 18.2 Å². The van der Waals surface area contributed by atoms with Crippen LogP contribution in [0.15, 0.2) is 22.6 Å². The molecule has 0 saturated carbocycles. The number of aromatic nitrogens is 1. The smallest absolute Gasteiger partial charge is 0.221 e. The maximum Gasteiger partial charge on any atom is 0.221 e. The van der Waals surface area contributed by atoms with E-state index >= 15 is 0 Å². The van der Waals surface area contributed by atoms with Gasteiger partial charge in [0.2, 0.25) is 5.89 Å². The third kappa shape index (κ3) is 3.47. The van der Waals surface area contributed by atoms with Crippen LogP contribution in [0.5, 0.6) is 0 Å². The van der Waals surface area contributed by atoms with Crippen molar-refractivity contribution in [2.45, 2.75) is 39.2 Å². The van der Waals surface area contributed by atoms with Crippen molar-refractivity contribution in [2.24, 2.45) is 0 Å². The van der Waals surface area contributed by atoms with Crippen molar-refractivity contribution in [3.63, 3.8) is 0 Å². The van der Waals surface area contributed by atoms with Crippen molar-refractivity contribution in [3.8, 4) is 0 Å². The van der Waals surface area contributed by atoms with E-state index in [9.17, 15) is 0 Å². The lowest BCUT2D eigenvalue weighted by Gasteiger charge is -2.00. The quantitative estimate of drug-likeness (QED) is 0.601. The van der Waals surface area contributed by atoms with Crippen LogP contribution >= 0.6 is 0 Å². The summed E-state index contributed by atoms with van der Waals surface area (Å²) in [4.78, 5) is 4.34. The average Bonchev–Trinajstić information content (AvgIpc) is 2.75. The maximum atomic E-state index is 5.69. The normalized spacial score (nSPS) is 11.2. The summed E-state index contributed by atoms with van der Waals surface area (Å²) in [6.07, 6.45) is 4.83. The molecule has 2 aromatic rings. The van der Waals surface area contributed by atoms with E-state index in [1.807, 2.05) is 18.2 Å². The topological polar surface area (TPSA) is 61.3 Å². The Balaban J connectivity index is 1.81. The van der Waals surface area contributed by atoms with E-state index in [1.54, 1.807) is 0 Å². The summed E-state index contributed by atoms with van der Waals surface area (Å²) >= 11 is 0. The van der Waals surface area contributed by atoms with Gasteiger partial charge in [0.25, 0.3) is 0 Å². The molecular formula is C14H20N2O2. The second-order valence-corrected chi connectivity index (χ2v) is 4.45. The number of unbranched alkanes of at least 4 members (excludes halogenated alkanes) is 3. The van der Waals surface area contributed by atoms with Crippen molar-refractivity contribution < 1.29 is 9.15 Å². The predicted molar refractivity (Wildman–Crippen MR) is 72.2 cm³/mol. The lowest BCUT2D eigenvalue weighted by atomic mass is 10.2. The first-order valence-electron chi connectivity index (χ1n) is 6.52. The fourth-order valence-corrected chi connectivity index (χ4v) is 1.84. The van der Waals surface area contributed by atoms with Gasteiger partial charge in [-0.25, -0.2) is 4.98 Å². The molecule has 1 aromatic carbocycles. The van der Waals surface area contributed by atoms with Crippen LogP contribution in [-0.2, 0) is 11.3 Å². The molecule has 2 N–H and O–H groups in total. The second kappa shape index (κ2) is 6.40. The highest BCUT2D eigenvalue weighted by Gasteiger charge is 2.05. The first-order chi connectivity index (χ1) is 8.79. The van der Waals surface area contributed by atoms with E-state index in [2.05, 4.69) is 11.9 Å². The number of benzene rings is 1. The first-order valence-corrected chi connectivity index (χ1v) is 6.52. The Hall–Kier alpha value is -1.55. The minimum absolute atomic E-state index is 0.431. The van der Waals surface area contributed by atoms with E-state index < -0.39 is 0 Å². The highest BCUT2D eigenvalue weighted by Crippen LogP contribution is 2.18. The number of ether oxygens (including phenoxy) is 1. The minimum Gasteiger partial charge on any atom is -0.438 e. The van der Waals surface area contributed by atoms with Crippen LogP contribution < -0.4 is 5.73 Å². The number of anilines is 1. The molecule has 1 heterocycles. The minimum atomic E-state index is 0.431. The standard InChI is InChI=1S/C14H20N2O2/c1-2-3-4-5-8-17-10-14-16-12-9-11(15)6-7-13(12)18-14/h6-7,9H,2-5,8,10,15H2,1H3. The van der Waals surface area contributed by atoms with Crippen molar-refractivity contribution in [1.29, 1.82) is 0 Å². The summed E-state index contributed by atoms with van der Waals surface area (Å²) in [7, 11) is 0. The Kier molecular flexibility index (Phi) is 4.59. The SMILES string of the molecule is CCCCCCOCc1nc2cc(N)ccc2o1.